The Hall–Kier alpha value is -3.41. The van der Waals surface area contributed by atoms with Gasteiger partial charge < -0.3 is 15.2 Å². The molecule has 0 spiro atoms. The third kappa shape index (κ3) is 5.54. The topological polar surface area (TPSA) is 84.3 Å². The average molecular weight is 391 g/mol. The Morgan fingerprint density at radius 1 is 1.07 bits per heavy atom. The summed E-state index contributed by atoms with van der Waals surface area (Å²) in [5.41, 5.74) is 4.11. The smallest absolute Gasteiger partial charge is 0.339 e. The Kier molecular flexibility index (Phi) is 6.79. The van der Waals surface area contributed by atoms with Gasteiger partial charge in [0.05, 0.1) is 17.8 Å². The zero-order valence-electron chi connectivity index (χ0n) is 16.7. The lowest BCUT2D eigenvalue weighted by molar-refractivity contribution is 0.0694. The fourth-order valence-corrected chi connectivity index (χ4v) is 2.98. The van der Waals surface area contributed by atoms with E-state index in [9.17, 15) is 9.90 Å². The molecule has 0 unspecified atom stereocenters. The number of hydrogen-bond donors (Lipinski definition) is 2. The Morgan fingerprint density at radius 3 is 2.62 bits per heavy atom. The summed E-state index contributed by atoms with van der Waals surface area (Å²) in [6.45, 7) is 5.05. The molecule has 0 atom stereocenters. The van der Waals surface area contributed by atoms with E-state index in [2.05, 4.69) is 28.3 Å². The quantitative estimate of drug-likeness (QED) is 0.535. The standard InChI is InChI=1S/C23H25N3O3/c1-16-7-6-10-21(17(16)2)29-14-13-24-23-25-15-19(22(27)28)20(26-23)12-11-18-8-4-3-5-9-18/h3-10,15H,11-14H2,1-2H3,(H,27,28)(H,24,25,26). The monoisotopic (exact) mass is 391 g/mol. The van der Waals surface area contributed by atoms with Crippen molar-refractivity contribution in [1.29, 1.82) is 0 Å². The second-order valence-electron chi connectivity index (χ2n) is 6.82. The van der Waals surface area contributed by atoms with Gasteiger partial charge in [0.15, 0.2) is 0 Å². The van der Waals surface area contributed by atoms with Gasteiger partial charge in [0.2, 0.25) is 5.95 Å². The van der Waals surface area contributed by atoms with Crippen molar-refractivity contribution in [3.63, 3.8) is 0 Å². The lowest BCUT2D eigenvalue weighted by atomic mass is 10.1. The lowest BCUT2D eigenvalue weighted by Crippen LogP contribution is -2.16. The van der Waals surface area contributed by atoms with Crippen LogP contribution in [0.25, 0.3) is 0 Å². The highest BCUT2D eigenvalue weighted by atomic mass is 16.5. The summed E-state index contributed by atoms with van der Waals surface area (Å²) in [6, 6.07) is 15.9. The predicted molar refractivity (Wildman–Crippen MR) is 113 cm³/mol. The number of anilines is 1. The highest BCUT2D eigenvalue weighted by Crippen LogP contribution is 2.20. The molecule has 0 aliphatic heterocycles. The zero-order chi connectivity index (χ0) is 20.6. The second-order valence-corrected chi connectivity index (χ2v) is 6.82. The van der Waals surface area contributed by atoms with E-state index in [0.717, 1.165) is 16.9 Å². The maximum atomic E-state index is 11.5. The van der Waals surface area contributed by atoms with E-state index in [0.29, 0.717) is 37.6 Å². The van der Waals surface area contributed by atoms with E-state index in [1.165, 1.54) is 11.8 Å². The Balaban J connectivity index is 1.60. The Bertz CT molecular complexity index is 974. The van der Waals surface area contributed by atoms with Crippen LogP contribution in [0.15, 0.2) is 54.7 Å². The fraction of sp³-hybridized carbons (Fsp3) is 0.261. The molecule has 6 heteroatoms. The van der Waals surface area contributed by atoms with E-state index < -0.39 is 5.97 Å². The van der Waals surface area contributed by atoms with Crippen molar-refractivity contribution in [2.75, 3.05) is 18.5 Å². The van der Waals surface area contributed by atoms with Crippen LogP contribution in [0.2, 0.25) is 0 Å². The third-order valence-corrected chi connectivity index (χ3v) is 4.79. The molecule has 2 N–H and O–H groups in total. The molecule has 0 amide bonds. The maximum Gasteiger partial charge on any atom is 0.339 e. The van der Waals surface area contributed by atoms with Crippen molar-refractivity contribution in [3.8, 4) is 5.75 Å². The molecule has 0 radical (unpaired) electrons. The first kappa shape index (κ1) is 20.3. The molecule has 0 saturated carbocycles. The number of aryl methyl sites for hydroxylation is 3. The van der Waals surface area contributed by atoms with Crippen molar-refractivity contribution in [2.45, 2.75) is 26.7 Å². The summed E-state index contributed by atoms with van der Waals surface area (Å²) in [4.78, 5) is 20.1. The summed E-state index contributed by atoms with van der Waals surface area (Å²) in [5.74, 6) is 0.248. The molecule has 0 aliphatic rings. The normalized spacial score (nSPS) is 10.6. The minimum atomic E-state index is -1.02. The van der Waals surface area contributed by atoms with Gasteiger partial charge in [0.1, 0.15) is 12.4 Å². The van der Waals surface area contributed by atoms with Gasteiger partial charge in [-0.15, -0.1) is 0 Å². The number of carboxylic acid groups (broad SMARTS) is 1. The molecule has 3 rings (SSSR count). The molecule has 0 bridgehead atoms. The van der Waals surface area contributed by atoms with Gasteiger partial charge in [-0.3, -0.25) is 0 Å². The molecule has 3 aromatic rings. The Morgan fingerprint density at radius 2 is 1.86 bits per heavy atom. The largest absolute Gasteiger partial charge is 0.491 e. The van der Waals surface area contributed by atoms with E-state index in [4.69, 9.17) is 4.74 Å². The van der Waals surface area contributed by atoms with E-state index in [1.807, 2.05) is 49.4 Å². The highest BCUT2D eigenvalue weighted by Gasteiger charge is 2.13. The summed E-state index contributed by atoms with van der Waals surface area (Å²) in [6.07, 6.45) is 2.61. The van der Waals surface area contributed by atoms with Crippen molar-refractivity contribution in [1.82, 2.24) is 9.97 Å². The van der Waals surface area contributed by atoms with Crippen LogP contribution < -0.4 is 10.1 Å². The number of nitrogens with one attached hydrogen (secondary N) is 1. The number of carbonyl (C=O) groups is 1. The molecular formula is C23H25N3O3. The van der Waals surface area contributed by atoms with Crippen molar-refractivity contribution < 1.29 is 14.6 Å². The van der Waals surface area contributed by atoms with E-state index in [1.54, 1.807) is 0 Å². The van der Waals surface area contributed by atoms with Crippen LogP contribution in [-0.2, 0) is 12.8 Å². The summed E-state index contributed by atoms with van der Waals surface area (Å²) in [5, 5.41) is 12.5. The van der Waals surface area contributed by atoms with Crippen molar-refractivity contribution in [2.24, 2.45) is 0 Å². The summed E-state index contributed by atoms with van der Waals surface area (Å²) >= 11 is 0. The van der Waals surface area contributed by atoms with Crippen LogP contribution in [0.4, 0.5) is 5.95 Å². The van der Waals surface area contributed by atoms with Gasteiger partial charge in [0.25, 0.3) is 0 Å². The number of benzene rings is 2. The minimum Gasteiger partial charge on any atom is -0.491 e. The van der Waals surface area contributed by atoms with Gasteiger partial charge in [-0.1, -0.05) is 42.5 Å². The third-order valence-electron chi connectivity index (χ3n) is 4.79. The second kappa shape index (κ2) is 9.68. The maximum absolute atomic E-state index is 11.5. The van der Waals surface area contributed by atoms with Gasteiger partial charge in [0, 0.05) is 6.20 Å². The molecule has 29 heavy (non-hydrogen) atoms. The number of hydrogen-bond acceptors (Lipinski definition) is 5. The van der Waals surface area contributed by atoms with Crippen LogP contribution in [0.3, 0.4) is 0 Å². The van der Waals surface area contributed by atoms with Gasteiger partial charge in [-0.2, -0.15) is 0 Å². The zero-order valence-corrected chi connectivity index (χ0v) is 16.7. The lowest BCUT2D eigenvalue weighted by Gasteiger charge is -2.12. The van der Waals surface area contributed by atoms with Gasteiger partial charge >= 0.3 is 5.97 Å². The molecule has 0 fully saturated rings. The van der Waals surface area contributed by atoms with Crippen LogP contribution in [0, 0.1) is 13.8 Å². The van der Waals surface area contributed by atoms with Crippen LogP contribution in [0.1, 0.15) is 32.7 Å². The average Bonchev–Trinajstić information content (AvgIpc) is 2.73. The first-order chi connectivity index (χ1) is 14.0. The van der Waals surface area contributed by atoms with Crippen molar-refractivity contribution in [3.05, 3.63) is 82.7 Å². The molecule has 150 valence electrons. The predicted octanol–water partition coefficient (Wildman–Crippen LogP) is 4.07. The number of rotatable bonds is 9. The molecule has 0 saturated heterocycles. The summed E-state index contributed by atoms with van der Waals surface area (Å²) in [7, 11) is 0. The molecule has 2 aromatic carbocycles. The first-order valence-corrected chi connectivity index (χ1v) is 9.60. The number of aromatic nitrogens is 2. The van der Waals surface area contributed by atoms with E-state index in [-0.39, 0.29) is 5.56 Å². The van der Waals surface area contributed by atoms with Crippen LogP contribution >= 0.6 is 0 Å². The minimum absolute atomic E-state index is 0.137. The molecule has 1 aromatic heterocycles. The fourth-order valence-electron chi connectivity index (χ4n) is 2.98. The molecule has 0 aliphatic carbocycles. The SMILES string of the molecule is Cc1cccc(OCCNc2ncc(C(=O)O)c(CCc3ccccc3)n2)c1C. The molecule has 1 heterocycles. The first-order valence-electron chi connectivity index (χ1n) is 9.60. The number of nitrogens with zero attached hydrogens (tertiary/aromatic N) is 2. The summed E-state index contributed by atoms with van der Waals surface area (Å²) < 4.78 is 5.82. The molecule has 6 nitrogen and oxygen atoms in total. The van der Waals surface area contributed by atoms with Gasteiger partial charge in [-0.25, -0.2) is 14.8 Å². The number of carboxylic acids is 1. The van der Waals surface area contributed by atoms with Crippen LogP contribution in [-0.4, -0.2) is 34.2 Å². The van der Waals surface area contributed by atoms with Crippen molar-refractivity contribution >= 4 is 11.9 Å². The molecular weight excluding hydrogens is 366 g/mol. The highest BCUT2D eigenvalue weighted by molar-refractivity contribution is 5.88. The van der Waals surface area contributed by atoms with Crippen LogP contribution in [0.5, 0.6) is 5.75 Å². The van der Waals surface area contributed by atoms with E-state index >= 15 is 0 Å². The number of ether oxygens (including phenoxy) is 1. The Labute approximate surface area is 170 Å². The van der Waals surface area contributed by atoms with Gasteiger partial charge in [-0.05, 0) is 49.4 Å². The number of aromatic carboxylic acids is 1.